The molecular formula is C57H63Cl2N13O7. The monoisotopic (exact) mass is 1110 g/mol. The number of benzene rings is 4. The topological polar surface area (TPSA) is 228 Å². The first-order valence-corrected chi connectivity index (χ1v) is 26.2. The van der Waals surface area contributed by atoms with Crippen LogP contribution < -0.4 is 36.1 Å². The number of nitrogens with one attached hydrogen (secondary N) is 5. The molecule has 4 unspecified atom stereocenters. The largest absolute Gasteiger partial charge is 0.496 e. The van der Waals surface area contributed by atoms with E-state index >= 15 is 0 Å². The molecule has 22 heteroatoms. The summed E-state index contributed by atoms with van der Waals surface area (Å²) in [6.45, 7) is 5.38. The van der Waals surface area contributed by atoms with E-state index < -0.39 is 23.4 Å². The number of hydrogen-bond donors (Lipinski definition) is 5. The van der Waals surface area contributed by atoms with E-state index in [2.05, 4.69) is 83.1 Å². The number of para-hydroxylation sites is 2. The van der Waals surface area contributed by atoms with Gasteiger partial charge in [-0.05, 0) is 124 Å². The van der Waals surface area contributed by atoms with Gasteiger partial charge in [0.2, 0.25) is 17.8 Å². The molecule has 0 saturated carbocycles. The molecule has 6 aromatic rings. The molecule has 4 atom stereocenters. The zero-order valence-electron chi connectivity index (χ0n) is 45.2. The van der Waals surface area contributed by atoms with Gasteiger partial charge < -0.3 is 55.7 Å². The molecule has 2 fully saturated rings. The number of nitrogens with zero attached hydrogens (tertiary/aromatic N) is 8. The standard InChI is InChI=1S/C57H63Cl2N13O7/c1-10-49(73)63-43-29-44(66-57-61-31-40(59)53(68-57)65-42-18-14-12-16-37(42)51(75)55(77)70(4)5)48(79-9)28-38(43)33-22-24-72(7)46(26-33)45-25-32(21-23-71(45)6)35-20-19-34(27-47(35)78-8)62-56-60-30-39(58)52(67-56)64-41-17-13-11-15-36(41)50(74)54(76)69(2)3/h10-20,27-33,45-46H,1,21-26H2,2-9H3,(H,63,73)(H2,60,62,64,67)(H2,61,65,66,68). The molecule has 3 amide bonds. The highest BCUT2D eigenvalue weighted by atomic mass is 35.5. The summed E-state index contributed by atoms with van der Waals surface area (Å²) in [6.07, 6.45) is 7.48. The third-order valence-electron chi connectivity index (χ3n) is 14.3. The number of rotatable bonds is 19. The SMILES string of the molecule is C=CC(=O)Nc1cc(Nc2ncc(Cl)c(Nc3ccccc3C(=O)C(=O)N(C)C)n2)c(OC)cc1C1CCN(C)C(C2CC(c3ccc(Nc4ncc(Cl)c(Nc5ccccc5C(=O)C(=O)N(C)C)n4)cc3OC)CCN2C)C1. The molecule has 20 nitrogen and oxygen atoms in total. The number of likely N-dealkylation sites (N-methyl/N-ethyl adjacent to an activating group) is 4. The predicted molar refractivity (Wildman–Crippen MR) is 308 cm³/mol. The number of piperidine rings is 2. The summed E-state index contributed by atoms with van der Waals surface area (Å²) in [5, 5.41) is 16.1. The maximum atomic E-state index is 13.1. The summed E-state index contributed by atoms with van der Waals surface area (Å²) < 4.78 is 12.1. The first kappa shape index (κ1) is 57.0. The Morgan fingerprint density at radius 3 is 1.61 bits per heavy atom. The molecule has 8 rings (SSSR count). The van der Waals surface area contributed by atoms with Crippen LogP contribution in [0.1, 0.15) is 69.4 Å². The number of carbonyl (C=O) groups is 5. The van der Waals surface area contributed by atoms with Crippen molar-refractivity contribution in [2.75, 3.05) is 96.2 Å². The van der Waals surface area contributed by atoms with E-state index in [4.69, 9.17) is 32.7 Å². The maximum absolute atomic E-state index is 13.1. The van der Waals surface area contributed by atoms with Gasteiger partial charge in [0.15, 0.2) is 11.6 Å². The number of aromatic nitrogens is 4. The molecule has 2 aromatic heterocycles. The van der Waals surface area contributed by atoms with E-state index in [1.807, 2.05) is 18.2 Å². The highest BCUT2D eigenvalue weighted by Crippen LogP contribution is 2.45. The first-order chi connectivity index (χ1) is 37.9. The number of ether oxygens (including phenoxy) is 2. The Kier molecular flexibility index (Phi) is 18.1. The minimum Gasteiger partial charge on any atom is -0.496 e. The number of ketones is 2. The van der Waals surface area contributed by atoms with Crippen LogP contribution in [0.4, 0.5) is 52.0 Å². The Bertz CT molecular complexity index is 3310. The second-order valence-corrected chi connectivity index (χ2v) is 20.6. The number of halogens is 2. The predicted octanol–water partition coefficient (Wildman–Crippen LogP) is 9.29. The van der Waals surface area contributed by atoms with E-state index in [1.54, 1.807) is 68.8 Å². The molecule has 4 aromatic carbocycles. The molecule has 4 heterocycles. The number of methoxy groups -OCH3 is 2. The van der Waals surface area contributed by atoms with Crippen LogP contribution in [0.25, 0.3) is 0 Å². The fraction of sp³-hybridized carbons (Fsp3) is 0.316. The number of Topliss-reactive ketones (excluding diaryl/α,β-unsaturated/α-hetero) is 2. The molecule has 2 aliphatic heterocycles. The number of anilines is 9. The second kappa shape index (κ2) is 25.1. The lowest BCUT2D eigenvalue weighted by Crippen LogP contribution is -2.55. The molecule has 0 radical (unpaired) electrons. The van der Waals surface area contributed by atoms with Crippen molar-refractivity contribution in [1.29, 1.82) is 0 Å². The van der Waals surface area contributed by atoms with Crippen molar-refractivity contribution in [2.24, 2.45) is 0 Å². The zero-order chi connectivity index (χ0) is 56.7. The van der Waals surface area contributed by atoms with Gasteiger partial charge in [-0.2, -0.15) is 9.97 Å². The minimum absolute atomic E-state index is 0.0259. The van der Waals surface area contributed by atoms with Gasteiger partial charge in [0.05, 0.1) is 54.8 Å². The minimum atomic E-state index is -0.700. The maximum Gasteiger partial charge on any atom is 0.294 e. The third-order valence-corrected chi connectivity index (χ3v) is 14.8. The molecule has 2 saturated heterocycles. The van der Waals surface area contributed by atoms with Crippen molar-refractivity contribution in [2.45, 2.75) is 49.6 Å². The Morgan fingerprint density at radius 2 is 1.11 bits per heavy atom. The van der Waals surface area contributed by atoms with Crippen LogP contribution in [-0.4, -0.2) is 151 Å². The Hall–Kier alpha value is -8.17. The lowest BCUT2D eigenvalue weighted by molar-refractivity contribution is -0.124. The fourth-order valence-corrected chi connectivity index (χ4v) is 10.3. The van der Waals surface area contributed by atoms with Crippen molar-refractivity contribution in [3.05, 3.63) is 136 Å². The van der Waals surface area contributed by atoms with Crippen LogP contribution in [0.2, 0.25) is 10.0 Å². The van der Waals surface area contributed by atoms with Crippen LogP contribution >= 0.6 is 23.2 Å². The highest BCUT2D eigenvalue weighted by molar-refractivity contribution is 6.44. The average molecular weight is 1110 g/mol. The van der Waals surface area contributed by atoms with Crippen LogP contribution in [0.5, 0.6) is 11.5 Å². The van der Waals surface area contributed by atoms with Gasteiger partial charge >= 0.3 is 0 Å². The van der Waals surface area contributed by atoms with Crippen molar-refractivity contribution >= 4 is 104 Å². The van der Waals surface area contributed by atoms with Crippen molar-refractivity contribution in [1.82, 2.24) is 39.5 Å². The normalized spacial score (nSPS) is 17.4. The van der Waals surface area contributed by atoms with Gasteiger partial charge in [-0.25, -0.2) is 9.97 Å². The highest BCUT2D eigenvalue weighted by Gasteiger charge is 2.40. The van der Waals surface area contributed by atoms with Gasteiger partial charge in [-0.3, -0.25) is 24.0 Å². The smallest absolute Gasteiger partial charge is 0.294 e. The van der Waals surface area contributed by atoms with Gasteiger partial charge in [0.25, 0.3) is 23.4 Å². The lowest BCUT2D eigenvalue weighted by atomic mass is 9.76. The molecule has 0 bridgehead atoms. The summed E-state index contributed by atoms with van der Waals surface area (Å²) in [5.41, 5.74) is 4.73. The zero-order valence-corrected chi connectivity index (χ0v) is 46.7. The van der Waals surface area contributed by atoms with E-state index in [-0.39, 0.29) is 74.5 Å². The van der Waals surface area contributed by atoms with Crippen molar-refractivity contribution in [3.63, 3.8) is 0 Å². The van der Waals surface area contributed by atoms with Gasteiger partial charge in [0, 0.05) is 57.7 Å². The van der Waals surface area contributed by atoms with Gasteiger partial charge in [-0.1, -0.05) is 60.1 Å². The first-order valence-electron chi connectivity index (χ1n) is 25.4. The van der Waals surface area contributed by atoms with Crippen LogP contribution in [0, 0.1) is 0 Å². The van der Waals surface area contributed by atoms with Gasteiger partial charge in [0.1, 0.15) is 21.5 Å². The molecule has 79 heavy (non-hydrogen) atoms. The van der Waals surface area contributed by atoms with E-state index in [0.717, 1.165) is 49.9 Å². The Balaban J connectivity index is 0.999. The van der Waals surface area contributed by atoms with Crippen LogP contribution in [0.3, 0.4) is 0 Å². The molecular weight excluding hydrogens is 1050 g/mol. The van der Waals surface area contributed by atoms with E-state index in [0.29, 0.717) is 39.9 Å². The van der Waals surface area contributed by atoms with E-state index in [9.17, 15) is 24.0 Å². The molecule has 0 aliphatic carbocycles. The molecule has 5 N–H and O–H groups in total. The number of hydrogen-bond acceptors (Lipinski definition) is 17. The average Bonchev–Trinajstić information content (AvgIpc) is 3.50. The Morgan fingerprint density at radius 1 is 0.620 bits per heavy atom. The van der Waals surface area contributed by atoms with E-state index in [1.165, 1.54) is 56.5 Å². The fourth-order valence-electron chi connectivity index (χ4n) is 10.1. The summed E-state index contributed by atoms with van der Waals surface area (Å²) in [4.78, 5) is 89.8. The number of carbonyl (C=O) groups excluding carboxylic acids is 5. The van der Waals surface area contributed by atoms with Crippen LogP contribution in [-0.2, 0) is 14.4 Å². The lowest BCUT2D eigenvalue weighted by Gasteiger charge is -2.48. The summed E-state index contributed by atoms with van der Waals surface area (Å²) in [7, 11) is 13.6. The van der Waals surface area contributed by atoms with Gasteiger partial charge in [-0.15, -0.1) is 0 Å². The summed E-state index contributed by atoms with van der Waals surface area (Å²) >= 11 is 13.1. The Labute approximate surface area is 468 Å². The summed E-state index contributed by atoms with van der Waals surface area (Å²) in [5.74, 6) is -0.899. The molecule has 2 aliphatic rings. The second-order valence-electron chi connectivity index (χ2n) is 19.8. The van der Waals surface area contributed by atoms with Crippen molar-refractivity contribution in [3.8, 4) is 11.5 Å². The van der Waals surface area contributed by atoms with Crippen LogP contribution in [0.15, 0.2) is 104 Å². The third kappa shape index (κ3) is 13.1. The molecule has 0 spiro atoms. The number of amides is 3. The summed E-state index contributed by atoms with van der Waals surface area (Å²) in [6, 6.07) is 23.3. The number of likely N-dealkylation sites (tertiary alicyclic amines) is 2. The quantitative estimate of drug-likeness (QED) is 0.0289. The molecule has 412 valence electrons. The van der Waals surface area contributed by atoms with Crippen molar-refractivity contribution < 1.29 is 33.4 Å².